The van der Waals surface area contributed by atoms with Gasteiger partial charge in [0.05, 0.1) is 7.11 Å². The Kier molecular flexibility index (Phi) is 4.00. The Morgan fingerprint density at radius 1 is 1.59 bits per heavy atom. The predicted octanol–water partition coefficient (Wildman–Crippen LogP) is -0.884. The lowest BCUT2D eigenvalue weighted by Crippen LogP contribution is -2.34. The average Bonchev–Trinajstić information content (AvgIpc) is 2.30. The van der Waals surface area contributed by atoms with Gasteiger partial charge in [-0.1, -0.05) is 0 Å². The average molecular weight is 240 g/mol. The quantitative estimate of drug-likeness (QED) is 0.587. The molecule has 0 saturated heterocycles. The van der Waals surface area contributed by atoms with Crippen LogP contribution in [0.3, 0.4) is 0 Å². The molecule has 0 aliphatic carbocycles. The van der Waals surface area contributed by atoms with Gasteiger partial charge in [-0.05, 0) is 18.1 Å². The molecule has 17 heavy (non-hydrogen) atoms. The molecule has 0 spiro atoms. The van der Waals surface area contributed by atoms with Gasteiger partial charge in [0.2, 0.25) is 0 Å². The number of H-pyrrole nitrogens is 1. The molecule has 0 bridgehead atoms. The van der Waals surface area contributed by atoms with E-state index in [9.17, 15) is 14.4 Å². The van der Waals surface area contributed by atoms with E-state index in [1.165, 1.54) is 19.4 Å². The first-order chi connectivity index (χ1) is 7.95. The minimum Gasteiger partial charge on any atom is -0.477 e. The van der Waals surface area contributed by atoms with Crippen molar-refractivity contribution in [1.29, 1.82) is 0 Å². The van der Waals surface area contributed by atoms with Crippen LogP contribution >= 0.6 is 0 Å². The van der Waals surface area contributed by atoms with E-state index >= 15 is 0 Å². The summed E-state index contributed by atoms with van der Waals surface area (Å²) in [5.74, 6) is -1.94. The number of esters is 1. The van der Waals surface area contributed by atoms with E-state index < -0.39 is 23.5 Å². The van der Waals surface area contributed by atoms with E-state index in [0.717, 1.165) is 0 Å². The number of aromatic amines is 1. The third-order valence-corrected chi connectivity index (χ3v) is 2.15. The largest absolute Gasteiger partial charge is 0.477 e. The second-order valence-electron chi connectivity index (χ2n) is 3.39. The summed E-state index contributed by atoms with van der Waals surface area (Å²) in [7, 11) is 1.21. The fraction of sp³-hybridized carbons (Fsp3) is 0.300. The van der Waals surface area contributed by atoms with E-state index in [2.05, 4.69) is 9.72 Å². The molecule has 0 radical (unpaired) electrons. The Bertz CT molecular complexity index is 494. The van der Waals surface area contributed by atoms with Gasteiger partial charge in [0.1, 0.15) is 11.6 Å². The first-order valence-corrected chi connectivity index (χ1v) is 4.74. The minimum atomic E-state index is -1.33. The van der Waals surface area contributed by atoms with Crippen LogP contribution in [-0.2, 0) is 16.0 Å². The predicted molar refractivity (Wildman–Crippen MR) is 57.7 cm³/mol. The maximum atomic E-state index is 11.1. The second kappa shape index (κ2) is 5.26. The zero-order chi connectivity index (χ0) is 13.0. The smallest absolute Gasteiger partial charge is 0.341 e. The summed E-state index contributed by atoms with van der Waals surface area (Å²) in [6.45, 7) is 0. The number of aromatic carboxylic acids is 1. The number of carboxylic acid groups (broad SMARTS) is 1. The molecular weight excluding hydrogens is 228 g/mol. The number of methoxy groups -OCH3 is 1. The summed E-state index contributed by atoms with van der Waals surface area (Å²) >= 11 is 0. The normalized spacial score (nSPS) is 11.9. The van der Waals surface area contributed by atoms with Crippen molar-refractivity contribution in [2.24, 2.45) is 5.73 Å². The molecule has 92 valence electrons. The van der Waals surface area contributed by atoms with Crippen molar-refractivity contribution in [3.63, 3.8) is 0 Å². The van der Waals surface area contributed by atoms with Crippen molar-refractivity contribution in [1.82, 2.24) is 4.98 Å². The Morgan fingerprint density at radius 2 is 2.24 bits per heavy atom. The van der Waals surface area contributed by atoms with E-state index in [-0.39, 0.29) is 12.0 Å². The van der Waals surface area contributed by atoms with Crippen LogP contribution in [0.25, 0.3) is 0 Å². The number of hydrogen-bond donors (Lipinski definition) is 3. The summed E-state index contributed by atoms with van der Waals surface area (Å²) in [5.41, 5.74) is 4.86. The van der Waals surface area contributed by atoms with E-state index in [4.69, 9.17) is 10.8 Å². The molecule has 0 fully saturated rings. The highest BCUT2D eigenvalue weighted by atomic mass is 16.5. The number of carbonyl (C=O) groups is 2. The Morgan fingerprint density at radius 3 is 2.76 bits per heavy atom. The van der Waals surface area contributed by atoms with Crippen molar-refractivity contribution in [2.75, 3.05) is 7.11 Å². The van der Waals surface area contributed by atoms with Crippen molar-refractivity contribution in [2.45, 2.75) is 12.5 Å². The van der Waals surface area contributed by atoms with Gasteiger partial charge in [-0.2, -0.15) is 0 Å². The third kappa shape index (κ3) is 3.15. The number of nitrogens with one attached hydrogen (secondary N) is 1. The number of rotatable bonds is 4. The molecule has 0 amide bonds. The first kappa shape index (κ1) is 12.9. The highest BCUT2D eigenvalue weighted by Crippen LogP contribution is 2.03. The fourth-order valence-electron chi connectivity index (χ4n) is 1.29. The maximum Gasteiger partial charge on any atom is 0.341 e. The highest BCUT2D eigenvalue weighted by molar-refractivity contribution is 5.87. The monoisotopic (exact) mass is 240 g/mol. The number of carboxylic acids is 1. The van der Waals surface area contributed by atoms with Crippen LogP contribution in [-0.4, -0.2) is 35.2 Å². The number of ether oxygens (including phenoxy) is 1. The lowest BCUT2D eigenvalue weighted by atomic mass is 10.1. The second-order valence-corrected chi connectivity index (χ2v) is 3.39. The zero-order valence-corrected chi connectivity index (χ0v) is 9.10. The van der Waals surface area contributed by atoms with Crippen LogP contribution in [0.4, 0.5) is 0 Å². The van der Waals surface area contributed by atoms with E-state index in [1.807, 2.05) is 0 Å². The minimum absolute atomic E-state index is 0.0870. The Balaban J connectivity index is 2.94. The van der Waals surface area contributed by atoms with Crippen LogP contribution in [0.2, 0.25) is 0 Å². The lowest BCUT2D eigenvalue weighted by Gasteiger charge is -2.09. The van der Waals surface area contributed by atoms with Crippen molar-refractivity contribution in [3.05, 3.63) is 33.7 Å². The molecule has 1 rings (SSSR count). The molecule has 4 N–H and O–H groups in total. The number of nitrogens with two attached hydrogens (primary N) is 1. The van der Waals surface area contributed by atoms with Crippen molar-refractivity contribution in [3.8, 4) is 0 Å². The molecule has 1 aromatic heterocycles. The van der Waals surface area contributed by atoms with Crippen LogP contribution in [0, 0.1) is 0 Å². The van der Waals surface area contributed by atoms with Crippen LogP contribution in [0.5, 0.6) is 0 Å². The summed E-state index contributed by atoms with van der Waals surface area (Å²) in [5, 5.41) is 8.74. The number of hydrogen-bond acceptors (Lipinski definition) is 5. The summed E-state index contributed by atoms with van der Waals surface area (Å²) in [6, 6.07) is 0.289. The summed E-state index contributed by atoms with van der Waals surface area (Å²) in [4.78, 5) is 35.2. The van der Waals surface area contributed by atoms with E-state index in [0.29, 0.717) is 5.56 Å². The number of carbonyl (C=O) groups excluding carboxylic acids is 1. The van der Waals surface area contributed by atoms with Gasteiger partial charge in [-0.15, -0.1) is 0 Å². The first-order valence-electron chi connectivity index (χ1n) is 4.74. The summed E-state index contributed by atoms with van der Waals surface area (Å²) < 4.78 is 4.43. The van der Waals surface area contributed by atoms with Crippen LogP contribution < -0.4 is 11.3 Å². The van der Waals surface area contributed by atoms with Crippen LogP contribution in [0.15, 0.2) is 17.1 Å². The van der Waals surface area contributed by atoms with Gasteiger partial charge in [0, 0.05) is 6.20 Å². The summed E-state index contributed by atoms with van der Waals surface area (Å²) in [6.07, 6.45) is 1.40. The van der Waals surface area contributed by atoms with Gasteiger partial charge in [-0.25, -0.2) is 4.79 Å². The van der Waals surface area contributed by atoms with Gasteiger partial charge in [0.15, 0.2) is 0 Å². The topological polar surface area (TPSA) is 122 Å². The molecule has 0 unspecified atom stereocenters. The van der Waals surface area contributed by atoms with Gasteiger partial charge in [0.25, 0.3) is 5.56 Å². The standard InChI is InChI=1S/C10H12N2O5/c1-17-10(16)7(11)3-5-2-6(9(14)15)8(13)12-4-5/h2,4,7H,3,11H2,1H3,(H,12,13)(H,14,15)/t7-/m1/s1. The zero-order valence-electron chi connectivity index (χ0n) is 9.10. The highest BCUT2D eigenvalue weighted by Gasteiger charge is 2.16. The van der Waals surface area contributed by atoms with Gasteiger partial charge < -0.3 is 20.6 Å². The molecule has 0 aliphatic heterocycles. The van der Waals surface area contributed by atoms with Gasteiger partial charge in [-0.3, -0.25) is 9.59 Å². The molecule has 0 saturated carbocycles. The number of pyridine rings is 1. The number of aromatic nitrogens is 1. The maximum absolute atomic E-state index is 11.1. The Labute approximate surface area is 96.2 Å². The van der Waals surface area contributed by atoms with Crippen molar-refractivity contribution < 1.29 is 19.4 Å². The molecule has 7 heteroatoms. The fourth-order valence-corrected chi connectivity index (χ4v) is 1.29. The molecule has 0 aromatic carbocycles. The van der Waals surface area contributed by atoms with Crippen molar-refractivity contribution >= 4 is 11.9 Å². The molecule has 1 atom stereocenters. The van der Waals surface area contributed by atoms with Gasteiger partial charge >= 0.3 is 11.9 Å². The molecular formula is C10H12N2O5. The molecule has 1 heterocycles. The lowest BCUT2D eigenvalue weighted by molar-refractivity contribution is -0.142. The SMILES string of the molecule is COC(=O)[C@H](N)Cc1c[nH]c(=O)c(C(=O)O)c1. The molecule has 1 aromatic rings. The molecule has 0 aliphatic rings. The van der Waals surface area contributed by atoms with Crippen LogP contribution in [0.1, 0.15) is 15.9 Å². The Hall–Kier alpha value is -2.15. The van der Waals surface area contributed by atoms with E-state index in [1.54, 1.807) is 0 Å². The third-order valence-electron chi connectivity index (χ3n) is 2.15. The molecule has 7 nitrogen and oxygen atoms in total.